The van der Waals surface area contributed by atoms with Crippen LogP contribution in [0.25, 0.3) is 0 Å². The van der Waals surface area contributed by atoms with Crippen LogP contribution in [0, 0.1) is 0 Å². The summed E-state index contributed by atoms with van der Waals surface area (Å²) >= 11 is 0. The SMILES string of the molecule is CCNC(=O)[C@H](Cc1ccccc1)N(Cc1cccc(OC)c1)C(=O)CCc1ccc2c(c1)OCO2. The van der Waals surface area contributed by atoms with Gasteiger partial charge in [0.2, 0.25) is 18.6 Å². The standard InChI is InChI=1S/C29H32N2O5/c1-3-30-29(33)25(17-21-8-5-4-6-9-21)31(19-23-10-7-11-24(16-23)34-2)28(32)15-13-22-12-14-26-27(18-22)36-20-35-26/h4-12,14,16,18,25H,3,13,15,17,19-20H2,1-2H3,(H,30,33)/t25-/m0/s1. The number of benzene rings is 3. The van der Waals surface area contributed by atoms with Gasteiger partial charge in [0.25, 0.3) is 0 Å². The number of carbonyl (C=O) groups excluding carboxylic acids is 2. The number of hydrogen-bond acceptors (Lipinski definition) is 5. The van der Waals surface area contributed by atoms with Gasteiger partial charge in [0.05, 0.1) is 7.11 Å². The Morgan fingerprint density at radius 1 is 0.944 bits per heavy atom. The summed E-state index contributed by atoms with van der Waals surface area (Å²) in [5.41, 5.74) is 2.87. The monoisotopic (exact) mass is 488 g/mol. The molecule has 1 N–H and O–H groups in total. The van der Waals surface area contributed by atoms with Gasteiger partial charge < -0.3 is 24.4 Å². The zero-order valence-corrected chi connectivity index (χ0v) is 20.7. The van der Waals surface area contributed by atoms with Gasteiger partial charge in [-0.15, -0.1) is 0 Å². The largest absolute Gasteiger partial charge is 0.497 e. The molecule has 4 rings (SSSR count). The molecule has 0 radical (unpaired) electrons. The van der Waals surface area contributed by atoms with Crippen molar-refractivity contribution >= 4 is 11.8 Å². The highest BCUT2D eigenvalue weighted by Crippen LogP contribution is 2.33. The van der Waals surface area contributed by atoms with E-state index in [-0.39, 0.29) is 25.0 Å². The van der Waals surface area contributed by atoms with Crippen molar-refractivity contribution in [2.75, 3.05) is 20.4 Å². The second-order valence-electron chi connectivity index (χ2n) is 8.66. The van der Waals surface area contributed by atoms with Crippen molar-refractivity contribution < 1.29 is 23.8 Å². The molecule has 0 aromatic heterocycles. The maximum Gasteiger partial charge on any atom is 0.243 e. The van der Waals surface area contributed by atoms with Crippen LogP contribution < -0.4 is 19.5 Å². The molecule has 0 saturated heterocycles. The third kappa shape index (κ3) is 6.36. The van der Waals surface area contributed by atoms with Crippen LogP contribution in [-0.2, 0) is 29.0 Å². The molecule has 0 saturated carbocycles. The van der Waals surface area contributed by atoms with Crippen molar-refractivity contribution in [1.29, 1.82) is 0 Å². The van der Waals surface area contributed by atoms with Gasteiger partial charge in [0.15, 0.2) is 11.5 Å². The molecule has 0 fully saturated rings. The number of hydrogen-bond donors (Lipinski definition) is 1. The Labute approximate surface area is 212 Å². The van der Waals surface area contributed by atoms with E-state index in [0.29, 0.717) is 43.2 Å². The molecule has 36 heavy (non-hydrogen) atoms. The molecule has 3 aromatic rings. The van der Waals surface area contributed by atoms with Gasteiger partial charge in [-0.3, -0.25) is 9.59 Å². The van der Waals surface area contributed by atoms with E-state index in [1.165, 1.54) is 0 Å². The summed E-state index contributed by atoms with van der Waals surface area (Å²) in [7, 11) is 1.61. The average Bonchev–Trinajstić information content (AvgIpc) is 3.38. The Kier molecular flexibility index (Phi) is 8.44. The molecule has 0 aliphatic carbocycles. The number of rotatable bonds is 11. The fraction of sp³-hybridized carbons (Fsp3) is 0.310. The van der Waals surface area contributed by atoms with Gasteiger partial charge in [-0.2, -0.15) is 0 Å². The highest BCUT2D eigenvalue weighted by Gasteiger charge is 2.30. The number of nitrogens with one attached hydrogen (secondary N) is 1. The Bertz CT molecular complexity index is 1180. The van der Waals surface area contributed by atoms with Crippen molar-refractivity contribution in [3.05, 3.63) is 89.5 Å². The van der Waals surface area contributed by atoms with Crippen LogP contribution in [0.3, 0.4) is 0 Å². The van der Waals surface area contributed by atoms with E-state index in [9.17, 15) is 9.59 Å². The molecule has 1 heterocycles. The Morgan fingerprint density at radius 2 is 1.72 bits per heavy atom. The summed E-state index contributed by atoms with van der Waals surface area (Å²) in [5.74, 6) is 1.85. The van der Waals surface area contributed by atoms with E-state index in [1.807, 2.05) is 79.7 Å². The minimum Gasteiger partial charge on any atom is -0.497 e. The van der Waals surface area contributed by atoms with Crippen molar-refractivity contribution in [1.82, 2.24) is 10.2 Å². The fourth-order valence-electron chi connectivity index (χ4n) is 4.30. The summed E-state index contributed by atoms with van der Waals surface area (Å²) in [6.45, 7) is 2.87. The van der Waals surface area contributed by atoms with E-state index in [4.69, 9.17) is 14.2 Å². The fourth-order valence-corrected chi connectivity index (χ4v) is 4.30. The van der Waals surface area contributed by atoms with Crippen LogP contribution in [0.5, 0.6) is 17.2 Å². The maximum absolute atomic E-state index is 13.7. The number of carbonyl (C=O) groups is 2. The first-order valence-electron chi connectivity index (χ1n) is 12.2. The predicted octanol–water partition coefficient (Wildman–Crippen LogP) is 4.13. The molecular weight excluding hydrogens is 456 g/mol. The molecule has 2 amide bonds. The Hall–Kier alpha value is -4.00. The summed E-state index contributed by atoms with van der Waals surface area (Å²) < 4.78 is 16.2. The number of ether oxygens (including phenoxy) is 3. The molecule has 1 atom stereocenters. The third-order valence-electron chi connectivity index (χ3n) is 6.17. The molecule has 7 nitrogen and oxygen atoms in total. The smallest absolute Gasteiger partial charge is 0.243 e. The zero-order chi connectivity index (χ0) is 25.3. The van der Waals surface area contributed by atoms with Crippen LogP contribution >= 0.6 is 0 Å². The lowest BCUT2D eigenvalue weighted by Crippen LogP contribution is -2.50. The van der Waals surface area contributed by atoms with E-state index in [2.05, 4.69) is 5.32 Å². The molecule has 7 heteroatoms. The molecule has 0 spiro atoms. The number of fused-ring (bicyclic) bond motifs is 1. The molecule has 3 aromatic carbocycles. The van der Waals surface area contributed by atoms with Gasteiger partial charge in [0, 0.05) is 25.9 Å². The minimum atomic E-state index is -0.650. The van der Waals surface area contributed by atoms with Gasteiger partial charge in [0.1, 0.15) is 11.8 Å². The van der Waals surface area contributed by atoms with Gasteiger partial charge >= 0.3 is 0 Å². The minimum absolute atomic E-state index is 0.0947. The molecule has 0 unspecified atom stereocenters. The lowest BCUT2D eigenvalue weighted by molar-refractivity contribution is -0.141. The van der Waals surface area contributed by atoms with E-state index in [0.717, 1.165) is 16.7 Å². The summed E-state index contributed by atoms with van der Waals surface area (Å²) in [6.07, 6.45) is 1.21. The van der Waals surface area contributed by atoms with Crippen molar-refractivity contribution in [2.24, 2.45) is 0 Å². The van der Waals surface area contributed by atoms with Crippen LogP contribution in [0.15, 0.2) is 72.8 Å². The summed E-state index contributed by atoms with van der Waals surface area (Å²) in [5, 5.41) is 2.92. The van der Waals surface area contributed by atoms with Crippen LogP contribution in [-0.4, -0.2) is 43.2 Å². The Balaban J connectivity index is 1.59. The predicted molar refractivity (Wildman–Crippen MR) is 137 cm³/mol. The van der Waals surface area contributed by atoms with Crippen LogP contribution in [0.2, 0.25) is 0 Å². The molecule has 1 aliphatic rings. The normalized spacial score (nSPS) is 12.6. The topological polar surface area (TPSA) is 77.1 Å². The highest BCUT2D eigenvalue weighted by atomic mass is 16.7. The van der Waals surface area contributed by atoms with Gasteiger partial charge in [-0.25, -0.2) is 0 Å². The average molecular weight is 489 g/mol. The van der Waals surface area contributed by atoms with Crippen molar-refractivity contribution in [3.63, 3.8) is 0 Å². The maximum atomic E-state index is 13.7. The van der Waals surface area contributed by atoms with Gasteiger partial charge in [-0.05, 0) is 54.3 Å². The first-order chi connectivity index (χ1) is 17.6. The molecule has 1 aliphatic heterocycles. The first-order valence-corrected chi connectivity index (χ1v) is 12.2. The number of amides is 2. The highest BCUT2D eigenvalue weighted by molar-refractivity contribution is 5.88. The van der Waals surface area contributed by atoms with Crippen molar-refractivity contribution in [2.45, 2.75) is 38.8 Å². The summed E-state index contributed by atoms with van der Waals surface area (Å²) in [4.78, 5) is 28.7. The first kappa shape index (κ1) is 25.1. The molecule has 188 valence electrons. The van der Waals surface area contributed by atoms with Gasteiger partial charge in [-0.1, -0.05) is 48.5 Å². The zero-order valence-electron chi connectivity index (χ0n) is 20.7. The van der Waals surface area contributed by atoms with E-state index >= 15 is 0 Å². The second-order valence-corrected chi connectivity index (χ2v) is 8.66. The van der Waals surface area contributed by atoms with E-state index in [1.54, 1.807) is 12.0 Å². The third-order valence-corrected chi connectivity index (χ3v) is 6.17. The Morgan fingerprint density at radius 3 is 2.50 bits per heavy atom. The lowest BCUT2D eigenvalue weighted by Gasteiger charge is -2.31. The summed E-state index contributed by atoms with van der Waals surface area (Å²) in [6, 6.07) is 22.4. The lowest BCUT2D eigenvalue weighted by atomic mass is 10.0. The number of nitrogens with zero attached hydrogens (tertiary/aromatic N) is 1. The number of methoxy groups -OCH3 is 1. The quantitative estimate of drug-likeness (QED) is 0.439. The van der Waals surface area contributed by atoms with E-state index < -0.39 is 6.04 Å². The molecular formula is C29H32N2O5. The van der Waals surface area contributed by atoms with Crippen LogP contribution in [0.1, 0.15) is 30.0 Å². The van der Waals surface area contributed by atoms with Crippen LogP contribution in [0.4, 0.5) is 0 Å². The van der Waals surface area contributed by atoms with Crippen molar-refractivity contribution in [3.8, 4) is 17.2 Å². The number of likely N-dealkylation sites (N-methyl/N-ethyl adjacent to an activating group) is 1. The molecule has 0 bridgehead atoms. The second kappa shape index (κ2) is 12.1. The number of aryl methyl sites for hydroxylation is 1.